The molecule has 3 aliphatic carbocycles. The first-order valence-corrected chi connectivity index (χ1v) is 24.5. The molecule has 3 aromatic rings. The number of benzene rings is 2. The molecule has 1 aliphatic heterocycles. The van der Waals surface area contributed by atoms with Gasteiger partial charge >= 0.3 is 0 Å². The Hall–Kier alpha value is -4.17. The maximum Gasteiger partial charge on any atom is 0.0716 e. The molecule has 0 saturated carbocycles. The van der Waals surface area contributed by atoms with Crippen LogP contribution in [0.25, 0.3) is 28.1 Å². The standard InChI is InChI=1S/C58H76N2/c1-7-9-11-13-15-17-19-21-30-45-49(57(3,4)41-53-55(45)47-32-23-25-34-51(47)59-53)38-36-43-28-27-29-44(40-43)37-39-50-46(31-22-20-18-16-14-12-10-8-2)56-48-33-24-26-35-52(48)60-54(56)42-58(50,5)6/h23-26,32-42,59H,7-22,27-31H2,1-6H3. The number of H-pyrrole nitrogens is 1. The van der Waals surface area contributed by atoms with Gasteiger partial charge in [-0.05, 0) is 96.6 Å². The number of hydrogen-bond acceptors (Lipinski definition) is 1. The number of allylic oxidation sites excluding steroid dienone is 11. The van der Waals surface area contributed by atoms with Crippen molar-refractivity contribution in [3.63, 3.8) is 0 Å². The molecule has 2 heterocycles. The highest BCUT2D eigenvalue weighted by atomic mass is 14.8. The zero-order valence-corrected chi connectivity index (χ0v) is 38.5. The lowest BCUT2D eigenvalue weighted by molar-refractivity contribution is 0.561. The van der Waals surface area contributed by atoms with Crippen LogP contribution in [0.3, 0.4) is 0 Å². The highest BCUT2D eigenvalue weighted by Crippen LogP contribution is 2.45. The Balaban J connectivity index is 1.17. The number of unbranched alkanes of at least 4 members (excludes halogenated alkanes) is 14. The SMILES string of the molecule is CCCCCCCCCCC1=C(C=CC2=CC(=CC=C3C(CCCCCCCCCC)=c4c([nH]c5ccccc45)=CC3(C)C)CCC2)C(C)(C)C=C2N=c3ccccc3=C21. The summed E-state index contributed by atoms with van der Waals surface area (Å²) in [6.45, 7) is 14.3. The summed E-state index contributed by atoms with van der Waals surface area (Å²) in [5, 5.41) is 6.57. The molecular formula is C58H76N2. The number of aromatic nitrogens is 1. The molecule has 0 atom stereocenters. The van der Waals surface area contributed by atoms with Gasteiger partial charge in [0.15, 0.2) is 0 Å². The molecule has 2 heteroatoms. The number of rotatable bonds is 21. The molecule has 7 rings (SSSR count). The van der Waals surface area contributed by atoms with Gasteiger partial charge in [0, 0.05) is 43.1 Å². The van der Waals surface area contributed by atoms with Crippen LogP contribution in [0.1, 0.15) is 176 Å². The van der Waals surface area contributed by atoms with Crippen molar-refractivity contribution in [3.05, 3.63) is 140 Å². The van der Waals surface area contributed by atoms with E-state index < -0.39 is 0 Å². The summed E-state index contributed by atoms with van der Waals surface area (Å²) in [6.07, 6.45) is 44.6. The quantitative estimate of drug-likeness (QED) is 0.104. The number of nitrogens with zero attached hydrogens (tertiary/aromatic N) is 1. The highest BCUT2D eigenvalue weighted by molar-refractivity contribution is 5.88. The lowest BCUT2D eigenvalue weighted by Gasteiger charge is -2.32. The molecule has 2 nitrogen and oxygen atoms in total. The number of fused-ring (bicyclic) bond motifs is 5. The van der Waals surface area contributed by atoms with Gasteiger partial charge in [-0.1, -0.05) is 204 Å². The van der Waals surface area contributed by atoms with Crippen LogP contribution in [-0.4, -0.2) is 4.98 Å². The first kappa shape index (κ1) is 43.9. The maximum absolute atomic E-state index is 5.17. The van der Waals surface area contributed by atoms with Gasteiger partial charge in [0.05, 0.1) is 11.1 Å². The Morgan fingerprint density at radius 3 is 1.98 bits per heavy atom. The van der Waals surface area contributed by atoms with E-state index in [1.54, 1.807) is 5.57 Å². The van der Waals surface area contributed by atoms with Gasteiger partial charge < -0.3 is 4.98 Å². The van der Waals surface area contributed by atoms with Crippen LogP contribution < -0.4 is 21.1 Å². The smallest absolute Gasteiger partial charge is 0.0716 e. The summed E-state index contributed by atoms with van der Waals surface area (Å²) < 4.78 is 0. The van der Waals surface area contributed by atoms with Crippen molar-refractivity contribution in [1.82, 2.24) is 4.98 Å². The third-order valence-electron chi connectivity index (χ3n) is 13.8. The van der Waals surface area contributed by atoms with E-state index >= 15 is 0 Å². The number of nitrogens with one attached hydrogen (secondary N) is 1. The molecule has 0 bridgehead atoms. The van der Waals surface area contributed by atoms with E-state index in [0.717, 1.165) is 31.0 Å². The van der Waals surface area contributed by atoms with E-state index in [0.29, 0.717) is 0 Å². The summed E-state index contributed by atoms with van der Waals surface area (Å²) >= 11 is 0. The van der Waals surface area contributed by atoms with Crippen molar-refractivity contribution >= 4 is 28.1 Å². The van der Waals surface area contributed by atoms with Crippen LogP contribution in [0.4, 0.5) is 0 Å². The summed E-state index contributed by atoms with van der Waals surface area (Å²) in [5.74, 6) is 0. The molecule has 0 saturated heterocycles. The van der Waals surface area contributed by atoms with Gasteiger partial charge in [-0.15, -0.1) is 0 Å². The molecular weight excluding hydrogens is 725 g/mol. The van der Waals surface area contributed by atoms with Crippen molar-refractivity contribution in [3.8, 4) is 0 Å². The second kappa shape index (κ2) is 20.6. The average molecular weight is 801 g/mol. The fourth-order valence-corrected chi connectivity index (χ4v) is 10.6. The first-order chi connectivity index (χ1) is 29.2. The van der Waals surface area contributed by atoms with Gasteiger partial charge in [-0.25, -0.2) is 4.99 Å². The molecule has 1 aromatic heterocycles. The Kier molecular flexibility index (Phi) is 15.1. The fraction of sp³-hybridized carbons (Fsp3) is 0.500. The Bertz CT molecular complexity index is 2430. The van der Waals surface area contributed by atoms with Gasteiger partial charge in [0.2, 0.25) is 0 Å². The van der Waals surface area contributed by atoms with Crippen molar-refractivity contribution in [2.24, 2.45) is 15.8 Å². The monoisotopic (exact) mass is 801 g/mol. The van der Waals surface area contributed by atoms with E-state index in [2.05, 4.69) is 138 Å². The lowest BCUT2D eigenvalue weighted by atomic mass is 9.72. The molecule has 1 N–H and O–H groups in total. The molecule has 60 heavy (non-hydrogen) atoms. The van der Waals surface area contributed by atoms with Crippen molar-refractivity contribution in [2.75, 3.05) is 0 Å². The van der Waals surface area contributed by atoms with Crippen LogP contribution in [0.5, 0.6) is 0 Å². The minimum Gasteiger partial charge on any atom is -0.355 e. The molecule has 0 radical (unpaired) electrons. The van der Waals surface area contributed by atoms with E-state index in [9.17, 15) is 0 Å². The Morgan fingerprint density at radius 1 is 0.633 bits per heavy atom. The largest absolute Gasteiger partial charge is 0.355 e. The zero-order valence-electron chi connectivity index (χ0n) is 38.5. The number of para-hydroxylation sites is 2. The van der Waals surface area contributed by atoms with Crippen molar-refractivity contribution in [2.45, 2.75) is 176 Å². The predicted molar refractivity (Wildman–Crippen MR) is 260 cm³/mol. The minimum atomic E-state index is -0.0831. The topological polar surface area (TPSA) is 28.1 Å². The number of hydrogen-bond donors (Lipinski definition) is 1. The first-order valence-electron chi connectivity index (χ1n) is 24.5. The summed E-state index contributed by atoms with van der Waals surface area (Å²) in [6, 6.07) is 17.7. The van der Waals surface area contributed by atoms with Gasteiger partial charge in [0.25, 0.3) is 0 Å². The van der Waals surface area contributed by atoms with E-state index in [4.69, 9.17) is 4.99 Å². The third kappa shape index (κ3) is 10.5. The van der Waals surface area contributed by atoms with Crippen LogP contribution in [0.15, 0.2) is 124 Å². The molecule has 2 aromatic carbocycles. The van der Waals surface area contributed by atoms with E-state index in [-0.39, 0.29) is 10.8 Å². The molecule has 4 aliphatic rings. The van der Waals surface area contributed by atoms with Crippen molar-refractivity contribution < 1.29 is 0 Å². The molecule has 0 amide bonds. The van der Waals surface area contributed by atoms with Gasteiger partial charge in [-0.2, -0.15) is 0 Å². The summed E-state index contributed by atoms with van der Waals surface area (Å²) in [5.41, 5.74) is 12.6. The van der Waals surface area contributed by atoms with E-state index in [1.165, 1.54) is 175 Å². The molecule has 0 unspecified atom stereocenters. The molecule has 0 fully saturated rings. The average Bonchev–Trinajstić information content (AvgIpc) is 3.78. The van der Waals surface area contributed by atoms with Gasteiger partial charge in [0.1, 0.15) is 0 Å². The Morgan fingerprint density at radius 2 is 1.27 bits per heavy atom. The van der Waals surface area contributed by atoms with Crippen LogP contribution in [0.2, 0.25) is 0 Å². The Labute approximate surface area is 363 Å². The summed E-state index contributed by atoms with van der Waals surface area (Å²) in [4.78, 5) is 8.98. The second-order valence-corrected chi connectivity index (χ2v) is 19.6. The fourth-order valence-electron chi connectivity index (χ4n) is 10.6. The summed E-state index contributed by atoms with van der Waals surface area (Å²) in [7, 11) is 0. The van der Waals surface area contributed by atoms with E-state index in [1.807, 2.05) is 0 Å². The lowest BCUT2D eigenvalue weighted by Crippen LogP contribution is -2.35. The third-order valence-corrected chi connectivity index (χ3v) is 13.8. The normalized spacial score (nSPS) is 19.4. The second-order valence-electron chi connectivity index (χ2n) is 19.6. The minimum absolute atomic E-state index is 0.0544. The molecule has 0 spiro atoms. The van der Waals surface area contributed by atoms with Crippen LogP contribution in [0, 0.1) is 10.8 Å². The van der Waals surface area contributed by atoms with Crippen LogP contribution >= 0.6 is 0 Å². The number of aromatic amines is 1. The maximum atomic E-state index is 5.17. The predicted octanol–water partition coefficient (Wildman–Crippen LogP) is 14.4. The highest BCUT2D eigenvalue weighted by Gasteiger charge is 2.33. The van der Waals surface area contributed by atoms with Gasteiger partial charge in [-0.3, -0.25) is 0 Å². The van der Waals surface area contributed by atoms with Crippen LogP contribution in [-0.2, 0) is 0 Å². The molecule has 318 valence electrons. The zero-order chi connectivity index (χ0) is 42.0. The van der Waals surface area contributed by atoms with Crippen molar-refractivity contribution in [1.29, 1.82) is 0 Å².